The minimum absolute atomic E-state index is 0.484. The third-order valence-corrected chi connectivity index (χ3v) is 4.88. The Hall–Kier alpha value is -1.87. The summed E-state index contributed by atoms with van der Waals surface area (Å²) in [6.07, 6.45) is 2.70. The average Bonchev–Trinajstić information content (AvgIpc) is 2.62. The maximum absolute atomic E-state index is 6.18. The van der Waals surface area contributed by atoms with Gasteiger partial charge in [0.05, 0.1) is 0 Å². The molecule has 0 amide bonds. The van der Waals surface area contributed by atoms with Crippen LogP contribution in [0.1, 0.15) is 55.0 Å². The van der Waals surface area contributed by atoms with Crippen LogP contribution in [0.25, 0.3) is 0 Å². The van der Waals surface area contributed by atoms with Gasteiger partial charge in [-0.25, -0.2) is 0 Å². The summed E-state index contributed by atoms with van der Waals surface area (Å²) >= 11 is 5.26. The van der Waals surface area contributed by atoms with Crippen LogP contribution in [-0.4, -0.2) is 5.05 Å². The summed E-state index contributed by atoms with van der Waals surface area (Å²) in [7, 11) is 0. The van der Waals surface area contributed by atoms with Gasteiger partial charge in [-0.1, -0.05) is 39.0 Å². The molecule has 0 N–H and O–H groups in total. The minimum atomic E-state index is 0.484. The molecule has 0 aromatic heterocycles. The van der Waals surface area contributed by atoms with Crippen LogP contribution >= 0.6 is 12.2 Å². The van der Waals surface area contributed by atoms with Crippen LogP contribution in [0.5, 0.6) is 11.5 Å². The van der Waals surface area contributed by atoms with Crippen molar-refractivity contribution < 1.29 is 9.47 Å². The molecule has 0 radical (unpaired) electrons. The maximum atomic E-state index is 6.18. The number of rotatable bonds is 7. The van der Waals surface area contributed by atoms with Crippen molar-refractivity contribution in [2.45, 2.75) is 60.5 Å². The molecule has 0 aliphatic carbocycles. The molecule has 2 nitrogen and oxygen atoms in total. The fraction of sp³-hybridized carbons (Fsp3) is 0.409. The summed E-state index contributed by atoms with van der Waals surface area (Å²) in [6.45, 7) is 11.1. The van der Waals surface area contributed by atoms with Crippen LogP contribution in [0.3, 0.4) is 0 Å². The normalized spacial score (nSPS) is 10.6. The average molecular weight is 357 g/mol. The molecule has 0 fully saturated rings. The SMILES string of the molecule is CCC(=S)Oc1cccc(CC)c1COc1cc(C)c(CC)cc1C. The van der Waals surface area contributed by atoms with E-state index >= 15 is 0 Å². The number of ether oxygens (including phenoxy) is 2. The first-order valence-corrected chi connectivity index (χ1v) is 9.45. The van der Waals surface area contributed by atoms with Crippen molar-refractivity contribution in [2.24, 2.45) is 0 Å². The van der Waals surface area contributed by atoms with Crippen molar-refractivity contribution in [2.75, 3.05) is 0 Å². The van der Waals surface area contributed by atoms with Gasteiger partial charge >= 0.3 is 0 Å². The van der Waals surface area contributed by atoms with Crippen molar-refractivity contribution in [3.8, 4) is 11.5 Å². The van der Waals surface area contributed by atoms with Gasteiger partial charge in [0.25, 0.3) is 0 Å². The fourth-order valence-electron chi connectivity index (χ4n) is 2.93. The summed E-state index contributed by atoms with van der Waals surface area (Å²) in [6, 6.07) is 10.5. The van der Waals surface area contributed by atoms with Gasteiger partial charge in [-0.15, -0.1) is 0 Å². The Morgan fingerprint density at radius 2 is 1.64 bits per heavy atom. The van der Waals surface area contributed by atoms with Gasteiger partial charge in [-0.3, -0.25) is 0 Å². The van der Waals surface area contributed by atoms with Crippen LogP contribution in [0.2, 0.25) is 0 Å². The van der Waals surface area contributed by atoms with Gasteiger partial charge in [0.15, 0.2) is 5.05 Å². The Bertz CT molecular complexity index is 750. The molecule has 0 unspecified atom stereocenters. The molecular formula is C22H28O2S. The summed E-state index contributed by atoms with van der Waals surface area (Å²) in [5.41, 5.74) is 6.13. The smallest absolute Gasteiger partial charge is 0.167 e. The summed E-state index contributed by atoms with van der Waals surface area (Å²) in [5, 5.41) is 0.605. The molecule has 0 saturated heterocycles. The number of hydrogen-bond acceptors (Lipinski definition) is 3. The highest BCUT2D eigenvalue weighted by Crippen LogP contribution is 2.28. The molecule has 2 rings (SSSR count). The minimum Gasteiger partial charge on any atom is -0.488 e. The lowest BCUT2D eigenvalue weighted by Gasteiger charge is -2.17. The molecule has 0 heterocycles. The number of aryl methyl sites for hydroxylation is 4. The van der Waals surface area contributed by atoms with Crippen LogP contribution < -0.4 is 9.47 Å². The molecule has 2 aromatic carbocycles. The van der Waals surface area contributed by atoms with Gasteiger partial charge in [-0.05, 0) is 73.3 Å². The third-order valence-electron chi connectivity index (χ3n) is 4.51. The van der Waals surface area contributed by atoms with E-state index in [9.17, 15) is 0 Å². The third kappa shape index (κ3) is 4.82. The lowest BCUT2D eigenvalue weighted by molar-refractivity contribution is 0.298. The Morgan fingerprint density at radius 1 is 0.920 bits per heavy atom. The van der Waals surface area contributed by atoms with Crippen LogP contribution in [-0.2, 0) is 19.4 Å². The molecule has 0 aliphatic rings. The lowest BCUT2D eigenvalue weighted by Crippen LogP contribution is -2.09. The van der Waals surface area contributed by atoms with Crippen LogP contribution in [0.15, 0.2) is 30.3 Å². The van der Waals surface area contributed by atoms with Gasteiger partial charge in [0, 0.05) is 12.0 Å². The standard InChI is InChI=1S/C22H28O2S/c1-6-17-10-9-11-20(24-22(25)8-3)19(17)14-23-21-13-15(4)18(7-2)12-16(21)5/h9-13H,6-8,14H2,1-5H3. The summed E-state index contributed by atoms with van der Waals surface area (Å²) in [4.78, 5) is 0. The fourth-order valence-corrected chi connectivity index (χ4v) is 3.02. The highest BCUT2D eigenvalue weighted by atomic mass is 32.1. The Balaban J connectivity index is 2.28. The van der Waals surface area contributed by atoms with E-state index in [4.69, 9.17) is 21.7 Å². The van der Waals surface area contributed by atoms with Crippen molar-refractivity contribution >= 4 is 17.3 Å². The Morgan fingerprint density at radius 3 is 2.28 bits per heavy atom. The van der Waals surface area contributed by atoms with E-state index in [-0.39, 0.29) is 0 Å². The van der Waals surface area contributed by atoms with E-state index in [1.54, 1.807) is 0 Å². The topological polar surface area (TPSA) is 18.5 Å². The molecule has 3 heteroatoms. The van der Waals surface area contributed by atoms with E-state index in [2.05, 4.69) is 45.9 Å². The van der Waals surface area contributed by atoms with Gasteiger partial charge in [-0.2, -0.15) is 0 Å². The highest BCUT2D eigenvalue weighted by molar-refractivity contribution is 7.80. The van der Waals surface area contributed by atoms with E-state index in [1.807, 2.05) is 19.1 Å². The van der Waals surface area contributed by atoms with Crippen molar-refractivity contribution in [1.29, 1.82) is 0 Å². The largest absolute Gasteiger partial charge is 0.488 e. The number of benzene rings is 2. The van der Waals surface area contributed by atoms with Crippen molar-refractivity contribution in [3.63, 3.8) is 0 Å². The zero-order valence-electron chi connectivity index (χ0n) is 15.9. The Labute approximate surface area is 157 Å². The number of hydrogen-bond donors (Lipinski definition) is 0. The lowest BCUT2D eigenvalue weighted by atomic mass is 10.0. The quantitative estimate of drug-likeness (QED) is 0.557. The first-order chi connectivity index (χ1) is 12.0. The molecule has 0 aliphatic heterocycles. The monoisotopic (exact) mass is 356 g/mol. The second-order valence-corrected chi connectivity index (χ2v) is 6.72. The van der Waals surface area contributed by atoms with Crippen LogP contribution in [0.4, 0.5) is 0 Å². The molecule has 25 heavy (non-hydrogen) atoms. The molecule has 0 atom stereocenters. The van der Waals surface area contributed by atoms with Crippen molar-refractivity contribution in [3.05, 3.63) is 58.1 Å². The van der Waals surface area contributed by atoms with E-state index < -0.39 is 0 Å². The molecule has 0 saturated carbocycles. The van der Waals surface area contributed by atoms with Crippen molar-refractivity contribution in [1.82, 2.24) is 0 Å². The molecule has 0 spiro atoms. The maximum Gasteiger partial charge on any atom is 0.167 e. The van der Waals surface area contributed by atoms with E-state index in [1.165, 1.54) is 22.3 Å². The second kappa shape index (κ2) is 9.00. The van der Waals surface area contributed by atoms with E-state index in [0.29, 0.717) is 11.7 Å². The number of thiocarbonyl (C=S) groups is 1. The molecule has 0 bridgehead atoms. The van der Waals surface area contributed by atoms with E-state index in [0.717, 1.165) is 36.3 Å². The predicted octanol–water partition coefficient (Wildman–Crippen LogP) is 6.12. The molecule has 2 aromatic rings. The predicted molar refractivity (Wildman–Crippen MR) is 109 cm³/mol. The summed E-state index contributed by atoms with van der Waals surface area (Å²) < 4.78 is 12.0. The first kappa shape index (κ1) is 19.5. The zero-order valence-corrected chi connectivity index (χ0v) is 16.8. The molecule has 134 valence electrons. The zero-order chi connectivity index (χ0) is 18.4. The van der Waals surface area contributed by atoms with Gasteiger partial charge < -0.3 is 9.47 Å². The first-order valence-electron chi connectivity index (χ1n) is 9.04. The van der Waals surface area contributed by atoms with Gasteiger partial charge in [0.2, 0.25) is 0 Å². The van der Waals surface area contributed by atoms with Gasteiger partial charge in [0.1, 0.15) is 18.1 Å². The highest BCUT2D eigenvalue weighted by Gasteiger charge is 2.12. The second-order valence-electron chi connectivity index (χ2n) is 6.26. The van der Waals surface area contributed by atoms with Crippen LogP contribution in [0, 0.1) is 13.8 Å². The summed E-state index contributed by atoms with van der Waals surface area (Å²) in [5.74, 6) is 1.75. The molecular weight excluding hydrogens is 328 g/mol. The Kier molecular flexibility index (Phi) is 7.01.